The van der Waals surface area contributed by atoms with Crippen LogP contribution in [-0.2, 0) is 36.3 Å². The third kappa shape index (κ3) is 5.40. The van der Waals surface area contributed by atoms with E-state index in [1.807, 2.05) is 0 Å². The highest BCUT2D eigenvalue weighted by atomic mass is 32.2. The molecule has 0 aliphatic carbocycles. The van der Waals surface area contributed by atoms with E-state index in [-0.39, 0.29) is 18.8 Å². The molecule has 0 heterocycles. The highest BCUT2D eigenvalue weighted by Gasteiger charge is 2.20. The third-order valence-corrected chi connectivity index (χ3v) is 3.90. The molecule has 1 aromatic rings. The molecule has 0 saturated heterocycles. The lowest BCUT2D eigenvalue weighted by Crippen LogP contribution is -2.20. The molecule has 1 N–H and O–H groups in total. The molecule has 0 bridgehead atoms. The van der Waals surface area contributed by atoms with Crippen molar-refractivity contribution in [3.8, 4) is 0 Å². The molecule has 0 fully saturated rings. The first kappa shape index (κ1) is 16.2. The summed E-state index contributed by atoms with van der Waals surface area (Å²) in [7, 11) is -3.68. The average molecular weight is 300 g/mol. The van der Waals surface area contributed by atoms with Gasteiger partial charge in [0, 0.05) is 0 Å². The summed E-state index contributed by atoms with van der Waals surface area (Å²) in [5.41, 5.74) is 0.812. The monoisotopic (exact) mass is 300 g/mol. The van der Waals surface area contributed by atoms with Gasteiger partial charge < -0.3 is 9.84 Å². The normalized spacial score (nSPS) is 11.1. The van der Waals surface area contributed by atoms with E-state index in [0.717, 1.165) is 0 Å². The average Bonchev–Trinajstić information content (AvgIpc) is 2.30. The number of rotatable bonds is 7. The molecular weight excluding hydrogens is 284 g/mol. The second-order valence-electron chi connectivity index (χ2n) is 4.18. The molecule has 0 unspecified atom stereocenters. The van der Waals surface area contributed by atoms with Crippen molar-refractivity contribution in [2.24, 2.45) is 0 Å². The molecule has 1 aromatic carbocycles. The molecule has 0 aliphatic rings. The Kier molecular flexibility index (Phi) is 5.69. The number of carboxylic acids is 1. The maximum absolute atomic E-state index is 11.9. The summed E-state index contributed by atoms with van der Waals surface area (Å²) >= 11 is 0. The van der Waals surface area contributed by atoms with Crippen molar-refractivity contribution in [1.82, 2.24) is 0 Å². The van der Waals surface area contributed by atoms with Crippen LogP contribution >= 0.6 is 0 Å². The molecule has 1 rings (SSSR count). The molecule has 0 aliphatic heterocycles. The predicted octanol–water partition coefficient (Wildman–Crippen LogP) is 0.792. The van der Waals surface area contributed by atoms with Crippen LogP contribution in [0.25, 0.3) is 0 Å². The van der Waals surface area contributed by atoms with Gasteiger partial charge >= 0.3 is 11.9 Å². The van der Waals surface area contributed by atoms with Gasteiger partial charge in [0.05, 0.1) is 18.8 Å². The Labute approximate surface area is 117 Å². The standard InChI is InChI=1S/C13H16O6S/c1-2-19-13(16)9-20(17,18)8-11-6-4-3-5-10(11)7-12(14)15/h3-6H,2,7-9H2,1H3,(H,14,15). The number of hydrogen-bond donors (Lipinski definition) is 1. The fourth-order valence-corrected chi connectivity index (χ4v) is 3.00. The van der Waals surface area contributed by atoms with Gasteiger partial charge in [-0.05, 0) is 18.1 Å². The molecule has 0 atom stereocenters. The van der Waals surface area contributed by atoms with Crippen LogP contribution in [0.1, 0.15) is 18.1 Å². The highest BCUT2D eigenvalue weighted by Crippen LogP contribution is 2.14. The molecule has 0 spiro atoms. The Morgan fingerprint density at radius 2 is 1.80 bits per heavy atom. The molecular formula is C13H16O6S. The zero-order chi connectivity index (χ0) is 15.2. The SMILES string of the molecule is CCOC(=O)CS(=O)(=O)Cc1ccccc1CC(=O)O. The van der Waals surface area contributed by atoms with Crippen LogP contribution in [0.5, 0.6) is 0 Å². The van der Waals surface area contributed by atoms with Gasteiger partial charge in [0.25, 0.3) is 0 Å². The van der Waals surface area contributed by atoms with Crippen molar-refractivity contribution in [1.29, 1.82) is 0 Å². The van der Waals surface area contributed by atoms with Gasteiger partial charge in [0.2, 0.25) is 0 Å². The van der Waals surface area contributed by atoms with E-state index in [4.69, 9.17) is 5.11 Å². The summed E-state index contributed by atoms with van der Waals surface area (Å²) < 4.78 is 28.3. The first-order valence-electron chi connectivity index (χ1n) is 5.98. The molecule has 0 radical (unpaired) electrons. The molecule has 0 amide bonds. The van der Waals surface area contributed by atoms with Crippen LogP contribution in [-0.4, -0.2) is 37.8 Å². The van der Waals surface area contributed by atoms with Crippen LogP contribution < -0.4 is 0 Å². The minimum atomic E-state index is -3.68. The van der Waals surface area contributed by atoms with Crippen molar-refractivity contribution in [2.45, 2.75) is 19.1 Å². The van der Waals surface area contributed by atoms with Crippen molar-refractivity contribution < 1.29 is 27.9 Å². The maximum atomic E-state index is 11.9. The number of carboxylic acid groups (broad SMARTS) is 1. The van der Waals surface area contributed by atoms with Gasteiger partial charge in [-0.2, -0.15) is 0 Å². The summed E-state index contributed by atoms with van der Waals surface area (Å²) in [6.45, 7) is 1.70. The van der Waals surface area contributed by atoms with E-state index in [0.29, 0.717) is 11.1 Å². The van der Waals surface area contributed by atoms with Crippen LogP contribution in [0, 0.1) is 0 Å². The van der Waals surface area contributed by atoms with E-state index in [1.165, 1.54) is 0 Å². The van der Waals surface area contributed by atoms with E-state index < -0.39 is 27.5 Å². The number of carbonyl (C=O) groups is 2. The first-order chi connectivity index (χ1) is 9.34. The number of hydrogen-bond acceptors (Lipinski definition) is 5. The van der Waals surface area contributed by atoms with Crippen LogP contribution in [0.4, 0.5) is 0 Å². The van der Waals surface area contributed by atoms with Gasteiger partial charge in [-0.25, -0.2) is 8.42 Å². The fourth-order valence-electron chi connectivity index (χ4n) is 1.70. The zero-order valence-corrected chi connectivity index (χ0v) is 11.9. The molecule has 20 heavy (non-hydrogen) atoms. The molecule has 0 aromatic heterocycles. The summed E-state index contributed by atoms with van der Waals surface area (Å²) in [5.74, 6) is -2.93. The number of aliphatic carboxylic acids is 1. The lowest BCUT2D eigenvalue weighted by atomic mass is 10.1. The minimum Gasteiger partial charge on any atom is -0.481 e. The maximum Gasteiger partial charge on any atom is 0.321 e. The van der Waals surface area contributed by atoms with Gasteiger partial charge in [0.1, 0.15) is 5.75 Å². The first-order valence-corrected chi connectivity index (χ1v) is 7.81. The van der Waals surface area contributed by atoms with Crippen LogP contribution in [0.3, 0.4) is 0 Å². The van der Waals surface area contributed by atoms with Crippen molar-refractivity contribution in [3.63, 3.8) is 0 Å². The zero-order valence-electron chi connectivity index (χ0n) is 11.0. The largest absolute Gasteiger partial charge is 0.481 e. The van der Waals surface area contributed by atoms with Crippen molar-refractivity contribution in [2.75, 3.05) is 12.4 Å². The Morgan fingerprint density at radius 3 is 2.35 bits per heavy atom. The number of carbonyl (C=O) groups excluding carboxylic acids is 1. The van der Waals surface area contributed by atoms with Crippen LogP contribution in [0.2, 0.25) is 0 Å². The van der Waals surface area contributed by atoms with Gasteiger partial charge in [-0.15, -0.1) is 0 Å². The number of sulfone groups is 1. The molecule has 6 nitrogen and oxygen atoms in total. The lowest BCUT2D eigenvalue weighted by molar-refractivity contribution is -0.140. The third-order valence-electron chi connectivity index (χ3n) is 2.48. The summed E-state index contributed by atoms with van der Waals surface area (Å²) in [6.07, 6.45) is -0.259. The van der Waals surface area contributed by atoms with Crippen molar-refractivity contribution >= 4 is 21.8 Å². The van der Waals surface area contributed by atoms with Gasteiger partial charge in [0.15, 0.2) is 9.84 Å². The quantitative estimate of drug-likeness (QED) is 0.748. The topological polar surface area (TPSA) is 97.7 Å². The van der Waals surface area contributed by atoms with Crippen LogP contribution in [0.15, 0.2) is 24.3 Å². The lowest BCUT2D eigenvalue weighted by Gasteiger charge is -2.08. The molecule has 7 heteroatoms. The number of esters is 1. The predicted molar refractivity (Wildman–Crippen MR) is 71.9 cm³/mol. The molecule has 0 saturated carbocycles. The second-order valence-corrected chi connectivity index (χ2v) is 6.24. The van der Waals surface area contributed by atoms with Gasteiger partial charge in [-0.1, -0.05) is 24.3 Å². The summed E-state index contributed by atoms with van der Waals surface area (Å²) in [6, 6.07) is 6.37. The van der Waals surface area contributed by atoms with E-state index in [1.54, 1.807) is 31.2 Å². The molecule has 110 valence electrons. The fraction of sp³-hybridized carbons (Fsp3) is 0.385. The summed E-state index contributed by atoms with van der Waals surface area (Å²) in [4.78, 5) is 21.9. The van der Waals surface area contributed by atoms with E-state index in [2.05, 4.69) is 4.74 Å². The summed E-state index contributed by atoms with van der Waals surface area (Å²) in [5, 5.41) is 8.78. The van der Waals surface area contributed by atoms with E-state index >= 15 is 0 Å². The number of ether oxygens (including phenoxy) is 1. The minimum absolute atomic E-state index is 0.115. The Balaban J connectivity index is 2.87. The Hall–Kier alpha value is -1.89. The van der Waals surface area contributed by atoms with Crippen molar-refractivity contribution in [3.05, 3.63) is 35.4 Å². The Bertz CT molecular complexity index is 591. The highest BCUT2D eigenvalue weighted by molar-refractivity contribution is 7.91. The second kappa shape index (κ2) is 7.04. The smallest absolute Gasteiger partial charge is 0.321 e. The van der Waals surface area contributed by atoms with E-state index in [9.17, 15) is 18.0 Å². The van der Waals surface area contributed by atoms with Gasteiger partial charge in [-0.3, -0.25) is 9.59 Å². The number of benzene rings is 1. The Morgan fingerprint density at radius 1 is 1.20 bits per heavy atom.